The Morgan fingerprint density at radius 3 is 2.83 bits per heavy atom. The maximum atomic E-state index is 5.41. The lowest BCUT2D eigenvalue weighted by Crippen LogP contribution is -2.18. The molecule has 1 N–H and O–H groups in total. The Morgan fingerprint density at radius 1 is 1.39 bits per heavy atom. The third kappa shape index (κ3) is 5.58. The van der Waals surface area contributed by atoms with Crippen LogP contribution in [0.3, 0.4) is 0 Å². The van der Waals surface area contributed by atoms with Gasteiger partial charge in [0, 0.05) is 17.8 Å². The number of ether oxygens (including phenoxy) is 1. The predicted molar refractivity (Wildman–Crippen MR) is 78.6 cm³/mol. The van der Waals surface area contributed by atoms with E-state index in [1.165, 1.54) is 5.75 Å². The second-order valence-corrected chi connectivity index (χ2v) is 5.53. The highest BCUT2D eigenvalue weighted by atomic mass is 32.2. The van der Waals surface area contributed by atoms with Crippen LogP contribution in [0.4, 0.5) is 5.95 Å². The fourth-order valence-corrected chi connectivity index (χ4v) is 2.33. The Hall–Kier alpha value is -0.970. The molecule has 18 heavy (non-hydrogen) atoms. The third-order valence-corrected chi connectivity index (χ3v) is 3.33. The first-order chi connectivity index (χ1) is 8.65. The van der Waals surface area contributed by atoms with Crippen molar-refractivity contribution in [2.75, 3.05) is 23.4 Å². The normalized spacial score (nSPS) is 12.2. The molecule has 0 saturated heterocycles. The number of rotatable bonds is 8. The van der Waals surface area contributed by atoms with E-state index in [1.54, 1.807) is 0 Å². The summed E-state index contributed by atoms with van der Waals surface area (Å²) >= 11 is 1.96. The first-order valence-corrected chi connectivity index (χ1v) is 7.64. The first-order valence-electron chi connectivity index (χ1n) is 6.48. The second-order valence-electron chi connectivity index (χ2n) is 4.14. The molecule has 0 aliphatic heterocycles. The molecular weight excluding hydrogens is 246 g/mol. The molecule has 0 aliphatic carbocycles. The monoisotopic (exact) mass is 269 g/mol. The van der Waals surface area contributed by atoms with Crippen molar-refractivity contribution in [1.82, 2.24) is 9.97 Å². The molecule has 0 spiro atoms. The summed E-state index contributed by atoms with van der Waals surface area (Å²) in [6, 6.07) is 2.23. The zero-order valence-electron chi connectivity index (χ0n) is 11.7. The van der Waals surface area contributed by atoms with E-state index in [0.717, 1.165) is 17.9 Å². The zero-order chi connectivity index (χ0) is 13.4. The van der Waals surface area contributed by atoms with Gasteiger partial charge in [-0.2, -0.15) is 16.7 Å². The minimum atomic E-state index is 0.375. The third-order valence-electron chi connectivity index (χ3n) is 2.40. The zero-order valence-corrected chi connectivity index (χ0v) is 12.5. The van der Waals surface area contributed by atoms with E-state index in [2.05, 4.69) is 29.1 Å². The fraction of sp³-hybridized carbons (Fsp3) is 0.692. The SMILES string of the molecule is CCOc1cc(C)nc(NC(C)CCSCC)n1. The number of aromatic nitrogens is 2. The Morgan fingerprint density at radius 2 is 2.17 bits per heavy atom. The minimum Gasteiger partial charge on any atom is -0.478 e. The Balaban J connectivity index is 2.54. The van der Waals surface area contributed by atoms with Crippen molar-refractivity contribution in [3.05, 3.63) is 11.8 Å². The van der Waals surface area contributed by atoms with Crippen molar-refractivity contribution in [3.63, 3.8) is 0 Å². The van der Waals surface area contributed by atoms with Crippen LogP contribution in [0.25, 0.3) is 0 Å². The van der Waals surface area contributed by atoms with Gasteiger partial charge in [0.2, 0.25) is 11.8 Å². The van der Waals surface area contributed by atoms with Gasteiger partial charge in [-0.3, -0.25) is 0 Å². The maximum absolute atomic E-state index is 5.41. The van der Waals surface area contributed by atoms with Gasteiger partial charge in [0.25, 0.3) is 0 Å². The number of aryl methyl sites for hydroxylation is 1. The molecule has 0 amide bonds. The van der Waals surface area contributed by atoms with Gasteiger partial charge < -0.3 is 10.1 Å². The van der Waals surface area contributed by atoms with Crippen LogP contribution in [-0.2, 0) is 0 Å². The van der Waals surface area contributed by atoms with Crippen LogP contribution in [0.15, 0.2) is 6.07 Å². The second kappa shape index (κ2) is 8.19. The lowest BCUT2D eigenvalue weighted by Gasteiger charge is -2.14. The van der Waals surface area contributed by atoms with Crippen LogP contribution < -0.4 is 10.1 Å². The molecule has 0 fully saturated rings. The van der Waals surface area contributed by atoms with Crippen LogP contribution in [0.2, 0.25) is 0 Å². The molecule has 0 aliphatic rings. The van der Waals surface area contributed by atoms with Crippen molar-refractivity contribution in [1.29, 1.82) is 0 Å². The van der Waals surface area contributed by atoms with E-state index in [9.17, 15) is 0 Å². The van der Waals surface area contributed by atoms with Crippen molar-refractivity contribution < 1.29 is 4.74 Å². The van der Waals surface area contributed by atoms with Crippen LogP contribution in [-0.4, -0.2) is 34.1 Å². The molecule has 0 aromatic carbocycles. The molecule has 1 unspecified atom stereocenters. The van der Waals surface area contributed by atoms with Crippen LogP contribution >= 0.6 is 11.8 Å². The lowest BCUT2D eigenvalue weighted by molar-refractivity contribution is 0.326. The molecule has 1 atom stereocenters. The van der Waals surface area contributed by atoms with Crippen molar-refractivity contribution in [2.45, 2.75) is 40.2 Å². The van der Waals surface area contributed by atoms with E-state index in [-0.39, 0.29) is 0 Å². The number of hydrogen-bond acceptors (Lipinski definition) is 5. The number of thioether (sulfide) groups is 1. The van der Waals surface area contributed by atoms with Crippen molar-refractivity contribution in [2.24, 2.45) is 0 Å². The predicted octanol–water partition coefficient (Wildman–Crippen LogP) is 3.13. The summed E-state index contributed by atoms with van der Waals surface area (Å²) in [6.45, 7) is 8.86. The van der Waals surface area contributed by atoms with Crippen molar-refractivity contribution >= 4 is 17.7 Å². The highest BCUT2D eigenvalue weighted by molar-refractivity contribution is 7.99. The van der Waals surface area contributed by atoms with Crippen LogP contribution in [0, 0.1) is 6.92 Å². The van der Waals surface area contributed by atoms with Gasteiger partial charge in [0.1, 0.15) is 0 Å². The van der Waals surface area contributed by atoms with Crippen molar-refractivity contribution in [3.8, 4) is 5.88 Å². The minimum absolute atomic E-state index is 0.375. The molecular formula is C13H23N3OS. The maximum Gasteiger partial charge on any atom is 0.226 e. The van der Waals surface area contributed by atoms with Gasteiger partial charge in [-0.25, -0.2) is 4.98 Å². The van der Waals surface area contributed by atoms with E-state index in [4.69, 9.17) is 4.74 Å². The van der Waals surface area contributed by atoms with Gasteiger partial charge in [0.05, 0.1) is 6.61 Å². The van der Waals surface area contributed by atoms with Gasteiger partial charge in [-0.15, -0.1) is 0 Å². The summed E-state index contributed by atoms with van der Waals surface area (Å²) in [5, 5.41) is 3.32. The molecule has 1 aromatic rings. The molecule has 1 heterocycles. The number of anilines is 1. The molecule has 102 valence electrons. The summed E-state index contributed by atoms with van der Waals surface area (Å²) in [6.07, 6.45) is 1.11. The Bertz CT molecular complexity index is 360. The lowest BCUT2D eigenvalue weighted by atomic mass is 10.3. The molecule has 4 nitrogen and oxygen atoms in total. The molecule has 0 bridgehead atoms. The summed E-state index contributed by atoms with van der Waals surface area (Å²) in [5.41, 5.74) is 0.922. The van der Waals surface area contributed by atoms with E-state index >= 15 is 0 Å². The molecule has 1 aromatic heterocycles. The molecule has 1 rings (SSSR count). The largest absolute Gasteiger partial charge is 0.478 e. The molecule has 0 radical (unpaired) electrons. The van der Waals surface area contributed by atoms with E-state index in [0.29, 0.717) is 24.5 Å². The van der Waals surface area contributed by atoms with E-state index < -0.39 is 0 Å². The summed E-state index contributed by atoms with van der Waals surface area (Å²) in [7, 11) is 0. The molecule has 5 heteroatoms. The summed E-state index contributed by atoms with van der Waals surface area (Å²) < 4.78 is 5.41. The molecule has 0 saturated carbocycles. The Kier molecular flexibility index (Phi) is 6.86. The average molecular weight is 269 g/mol. The number of nitrogens with one attached hydrogen (secondary N) is 1. The highest BCUT2D eigenvalue weighted by Crippen LogP contribution is 2.14. The summed E-state index contributed by atoms with van der Waals surface area (Å²) in [5.74, 6) is 3.63. The van der Waals surface area contributed by atoms with Gasteiger partial charge in [-0.1, -0.05) is 6.92 Å². The van der Waals surface area contributed by atoms with Gasteiger partial charge in [0.15, 0.2) is 0 Å². The fourth-order valence-electron chi connectivity index (χ4n) is 1.52. The Labute approximate surface area is 114 Å². The number of hydrogen-bond donors (Lipinski definition) is 1. The highest BCUT2D eigenvalue weighted by Gasteiger charge is 2.06. The van der Waals surface area contributed by atoms with Gasteiger partial charge >= 0.3 is 0 Å². The van der Waals surface area contributed by atoms with Crippen LogP contribution in [0.5, 0.6) is 5.88 Å². The van der Waals surface area contributed by atoms with Gasteiger partial charge in [-0.05, 0) is 38.7 Å². The topological polar surface area (TPSA) is 47.0 Å². The quantitative estimate of drug-likeness (QED) is 0.735. The number of nitrogens with zero attached hydrogens (tertiary/aromatic N) is 2. The smallest absolute Gasteiger partial charge is 0.226 e. The average Bonchev–Trinajstić information content (AvgIpc) is 2.28. The first kappa shape index (κ1) is 15.1. The summed E-state index contributed by atoms with van der Waals surface area (Å²) in [4.78, 5) is 8.72. The van der Waals surface area contributed by atoms with Crippen LogP contribution in [0.1, 0.15) is 32.9 Å². The standard InChI is InChI=1S/C13H23N3OS/c1-5-17-12-9-11(4)15-13(16-12)14-10(3)7-8-18-6-2/h9-10H,5-8H2,1-4H3,(H,14,15,16). The van der Waals surface area contributed by atoms with E-state index in [1.807, 2.05) is 31.7 Å².